The predicted octanol–water partition coefficient (Wildman–Crippen LogP) is 4.09. The van der Waals surface area contributed by atoms with Crippen LogP contribution < -0.4 is 4.74 Å². The Balaban J connectivity index is 1.75. The van der Waals surface area contributed by atoms with Gasteiger partial charge >= 0.3 is 0 Å². The number of nitrogens with zero attached hydrogens (tertiary/aromatic N) is 2. The third-order valence-electron chi connectivity index (χ3n) is 6.32. The van der Waals surface area contributed by atoms with Gasteiger partial charge < -0.3 is 14.5 Å². The lowest BCUT2D eigenvalue weighted by Gasteiger charge is -2.40. The van der Waals surface area contributed by atoms with Crippen LogP contribution in [0, 0.1) is 18.6 Å². The van der Waals surface area contributed by atoms with Gasteiger partial charge in [0.2, 0.25) is 0 Å². The molecule has 0 N–H and O–H groups in total. The molecule has 2 aliphatic heterocycles. The third-order valence-corrected chi connectivity index (χ3v) is 6.32. The van der Waals surface area contributed by atoms with Crippen molar-refractivity contribution in [2.24, 2.45) is 0 Å². The molecule has 0 bridgehead atoms. The highest BCUT2D eigenvalue weighted by atomic mass is 19.2. The summed E-state index contributed by atoms with van der Waals surface area (Å²) in [5, 5.41) is 0. The number of carbonyl (C=O) groups excluding carboxylic acids is 2. The second-order valence-corrected chi connectivity index (χ2v) is 7.94. The fourth-order valence-electron chi connectivity index (χ4n) is 4.92. The molecule has 1 atom stereocenters. The van der Waals surface area contributed by atoms with Crippen molar-refractivity contribution < 1.29 is 23.1 Å². The molecule has 5 rings (SSSR count). The van der Waals surface area contributed by atoms with E-state index in [0.717, 1.165) is 23.3 Å². The van der Waals surface area contributed by atoms with Gasteiger partial charge in [-0.2, -0.15) is 0 Å². The Bertz CT molecular complexity index is 1280. The first kappa shape index (κ1) is 20.2. The van der Waals surface area contributed by atoms with Gasteiger partial charge in [0, 0.05) is 35.3 Å². The van der Waals surface area contributed by atoms with Crippen molar-refractivity contribution in [2.75, 3.05) is 20.2 Å². The standard InChI is InChI=1S/C25H20F2N2O3/c1-15-13-17(8-10-22(15)32-2)25-19-6-4-3-5-18(19)24(31)29(25)12-11-28(25)23(30)16-7-9-20(26)21(27)14-16/h3-10,13-14H,11-12H2,1-2H3. The minimum absolute atomic E-state index is 0.0205. The number of hydrogen-bond acceptors (Lipinski definition) is 3. The highest BCUT2D eigenvalue weighted by molar-refractivity contribution is 6.03. The Morgan fingerprint density at radius 2 is 1.78 bits per heavy atom. The molecule has 0 saturated carbocycles. The van der Waals surface area contributed by atoms with Crippen LogP contribution in [0.15, 0.2) is 60.7 Å². The summed E-state index contributed by atoms with van der Waals surface area (Å²) in [6, 6.07) is 15.8. The van der Waals surface area contributed by atoms with Gasteiger partial charge in [-0.1, -0.05) is 24.3 Å². The van der Waals surface area contributed by atoms with E-state index in [4.69, 9.17) is 4.74 Å². The van der Waals surface area contributed by atoms with Gasteiger partial charge in [0.1, 0.15) is 5.75 Å². The van der Waals surface area contributed by atoms with Gasteiger partial charge in [0.25, 0.3) is 11.8 Å². The smallest absolute Gasteiger partial charge is 0.256 e. The number of benzene rings is 3. The Morgan fingerprint density at radius 3 is 2.50 bits per heavy atom. The lowest BCUT2D eigenvalue weighted by molar-refractivity contribution is 0.0374. The van der Waals surface area contributed by atoms with E-state index in [9.17, 15) is 18.4 Å². The molecule has 0 radical (unpaired) electrons. The van der Waals surface area contributed by atoms with E-state index in [0.29, 0.717) is 23.4 Å². The first-order chi connectivity index (χ1) is 15.4. The average molecular weight is 434 g/mol. The number of fused-ring (bicyclic) bond motifs is 3. The van der Waals surface area contributed by atoms with E-state index in [-0.39, 0.29) is 18.0 Å². The number of carbonyl (C=O) groups is 2. The van der Waals surface area contributed by atoms with E-state index >= 15 is 0 Å². The van der Waals surface area contributed by atoms with E-state index in [1.165, 1.54) is 6.07 Å². The molecule has 7 heteroatoms. The minimum atomic E-state index is -1.19. The zero-order chi connectivity index (χ0) is 22.6. The average Bonchev–Trinajstić information content (AvgIpc) is 3.31. The summed E-state index contributed by atoms with van der Waals surface area (Å²) in [5.74, 6) is -2.08. The summed E-state index contributed by atoms with van der Waals surface area (Å²) in [6.07, 6.45) is 0. The van der Waals surface area contributed by atoms with E-state index in [1.54, 1.807) is 29.0 Å². The summed E-state index contributed by atoms with van der Waals surface area (Å²) >= 11 is 0. The quantitative estimate of drug-likeness (QED) is 0.624. The summed E-state index contributed by atoms with van der Waals surface area (Å²) in [6.45, 7) is 2.46. The van der Waals surface area contributed by atoms with Gasteiger partial charge in [-0.15, -0.1) is 0 Å². The molecule has 2 amide bonds. The van der Waals surface area contributed by atoms with Crippen molar-refractivity contribution in [3.8, 4) is 5.75 Å². The summed E-state index contributed by atoms with van der Waals surface area (Å²) in [4.78, 5) is 30.2. The van der Waals surface area contributed by atoms with Crippen molar-refractivity contribution >= 4 is 11.8 Å². The number of methoxy groups -OCH3 is 1. The van der Waals surface area contributed by atoms with Gasteiger partial charge in [-0.25, -0.2) is 8.78 Å². The van der Waals surface area contributed by atoms with E-state index in [1.807, 2.05) is 37.3 Å². The monoisotopic (exact) mass is 434 g/mol. The number of aryl methyl sites for hydroxylation is 1. The third kappa shape index (κ3) is 2.60. The molecule has 5 nitrogen and oxygen atoms in total. The summed E-state index contributed by atoms with van der Waals surface area (Å²) in [5.41, 5.74) is 1.61. The second-order valence-electron chi connectivity index (χ2n) is 7.94. The molecule has 1 saturated heterocycles. The maximum absolute atomic E-state index is 13.9. The fraction of sp³-hybridized carbons (Fsp3) is 0.200. The Labute approximate surface area is 183 Å². The summed E-state index contributed by atoms with van der Waals surface area (Å²) < 4.78 is 32.8. The molecule has 2 heterocycles. The highest BCUT2D eigenvalue weighted by Crippen LogP contribution is 2.50. The highest BCUT2D eigenvalue weighted by Gasteiger charge is 2.59. The zero-order valence-electron chi connectivity index (χ0n) is 17.6. The van der Waals surface area contributed by atoms with Crippen molar-refractivity contribution in [3.05, 3.63) is 100 Å². The molecule has 1 fully saturated rings. The molecular formula is C25H20F2N2O3. The van der Waals surface area contributed by atoms with Gasteiger partial charge in [-0.05, 0) is 48.9 Å². The molecule has 0 aliphatic carbocycles. The molecule has 0 aromatic heterocycles. The largest absolute Gasteiger partial charge is 0.496 e. The first-order valence-corrected chi connectivity index (χ1v) is 10.2. The number of hydrogen-bond donors (Lipinski definition) is 0. The van der Waals surface area contributed by atoms with Crippen molar-refractivity contribution in [3.63, 3.8) is 0 Å². The van der Waals surface area contributed by atoms with Crippen molar-refractivity contribution in [1.82, 2.24) is 9.80 Å². The Hall–Kier alpha value is -3.74. The van der Waals surface area contributed by atoms with Crippen LogP contribution in [-0.4, -0.2) is 41.8 Å². The SMILES string of the molecule is COc1ccc(C23c4ccccc4C(=O)N2CCN3C(=O)c2ccc(F)c(F)c2)cc1C. The number of rotatable bonds is 3. The summed E-state index contributed by atoms with van der Waals surface area (Å²) in [7, 11) is 1.58. The number of amides is 2. The molecule has 32 heavy (non-hydrogen) atoms. The first-order valence-electron chi connectivity index (χ1n) is 10.2. The van der Waals surface area contributed by atoms with Crippen molar-refractivity contribution in [2.45, 2.75) is 12.6 Å². The topological polar surface area (TPSA) is 49.9 Å². The maximum atomic E-state index is 13.9. The lowest BCUT2D eigenvalue weighted by Crippen LogP contribution is -2.51. The van der Waals surface area contributed by atoms with Crippen LogP contribution >= 0.6 is 0 Å². The van der Waals surface area contributed by atoms with Gasteiger partial charge in [0.05, 0.1) is 7.11 Å². The van der Waals surface area contributed by atoms with Crippen LogP contribution in [0.3, 0.4) is 0 Å². The normalized spacial score (nSPS) is 19.2. The Morgan fingerprint density at radius 1 is 1.00 bits per heavy atom. The molecule has 162 valence electrons. The lowest BCUT2D eigenvalue weighted by atomic mass is 9.88. The molecule has 0 spiro atoms. The van der Waals surface area contributed by atoms with Crippen molar-refractivity contribution in [1.29, 1.82) is 0 Å². The molecule has 3 aromatic carbocycles. The molecule has 1 unspecified atom stereocenters. The van der Waals surface area contributed by atoms with Crippen LogP contribution in [0.25, 0.3) is 0 Å². The van der Waals surface area contributed by atoms with E-state index in [2.05, 4.69) is 0 Å². The predicted molar refractivity (Wildman–Crippen MR) is 113 cm³/mol. The zero-order valence-corrected chi connectivity index (χ0v) is 17.6. The molecule has 3 aromatic rings. The van der Waals surface area contributed by atoms with E-state index < -0.39 is 23.2 Å². The number of ether oxygens (including phenoxy) is 1. The van der Waals surface area contributed by atoms with Crippen LogP contribution in [0.2, 0.25) is 0 Å². The fourth-order valence-corrected chi connectivity index (χ4v) is 4.92. The Kier molecular flexibility index (Phi) is 4.51. The minimum Gasteiger partial charge on any atom is -0.496 e. The van der Waals surface area contributed by atoms with Crippen LogP contribution in [-0.2, 0) is 5.66 Å². The molecule has 2 aliphatic rings. The van der Waals surface area contributed by atoms with Crippen LogP contribution in [0.5, 0.6) is 5.75 Å². The van der Waals surface area contributed by atoms with Gasteiger partial charge in [0.15, 0.2) is 17.3 Å². The second kappa shape index (κ2) is 7.15. The maximum Gasteiger partial charge on any atom is 0.256 e. The van der Waals surface area contributed by atoms with Crippen LogP contribution in [0.4, 0.5) is 8.78 Å². The molecular weight excluding hydrogens is 414 g/mol. The van der Waals surface area contributed by atoms with Crippen LogP contribution in [0.1, 0.15) is 37.4 Å². The number of halogens is 2. The van der Waals surface area contributed by atoms with Gasteiger partial charge in [-0.3, -0.25) is 9.59 Å².